The highest BCUT2D eigenvalue weighted by molar-refractivity contribution is 9.10. The van der Waals surface area contributed by atoms with Gasteiger partial charge in [-0.1, -0.05) is 28.1 Å². The number of nitrogens with zero attached hydrogens (tertiary/aromatic N) is 2. The van der Waals surface area contributed by atoms with Gasteiger partial charge in [0.15, 0.2) is 0 Å². The molecule has 2 aromatic rings. The van der Waals surface area contributed by atoms with Crippen molar-refractivity contribution in [3.05, 3.63) is 69.9 Å². The molecule has 136 valence electrons. The third-order valence-corrected chi connectivity index (χ3v) is 4.43. The van der Waals surface area contributed by atoms with Gasteiger partial charge < -0.3 is 5.11 Å². The van der Waals surface area contributed by atoms with Crippen LogP contribution in [0.15, 0.2) is 58.1 Å². The summed E-state index contributed by atoms with van der Waals surface area (Å²) in [5.41, 5.74) is -3.46. The molecule has 1 aliphatic rings. The number of hydrogen-bond donors (Lipinski definition) is 1. The van der Waals surface area contributed by atoms with Crippen LogP contribution in [0.4, 0.5) is 17.6 Å². The predicted octanol–water partition coefficient (Wildman–Crippen LogP) is 4.09. The van der Waals surface area contributed by atoms with Crippen LogP contribution in [0.2, 0.25) is 0 Å². The number of hydrogen-bond acceptors (Lipinski definition) is 3. The first-order chi connectivity index (χ1) is 12.1. The van der Waals surface area contributed by atoms with E-state index in [1.54, 1.807) is 12.1 Å². The average Bonchev–Trinajstić information content (AvgIpc) is 2.94. The number of amides is 1. The first-order valence-corrected chi connectivity index (χ1v) is 8.14. The molecule has 0 fully saturated rings. The van der Waals surface area contributed by atoms with Crippen molar-refractivity contribution < 1.29 is 27.5 Å². The van der Waals surface area contributed by atoms with E-state index in [9.17, 15) is 27.5 Å². The molecule has 0 unspecified atom stereocenters. The lowest BCUT2D eigenvalue weighted by Crippen LogP contribution is -2.56. The van der Waals surface area contributed by atoms with Gasteiger partial charge in [-0.05, 0) is 42.0 Å². The van der Waals surface area contributed by atoms with Gasteiger partial charge >= 0.3 is 6.18 Å². The summed E-state index contributed by atoms with van der Waals surface area (Å²) in [4.78, 5) is 12.5. The van der Waals surface area contributed by atoms with Crippen LogP contribution < -0.4 is 0 Å². The standard InChI is InChI=1S/C17H11BrF4N2O2/c18-12-5-1-10(2-6-12)14-9-16(26,17(20,21)22)24(23-14)15(25)11-3-7-13(19)8-4-11/h1-8,26H,9H2/t16-/m1/s1. The molecule has 0 spiro atoms. The highest BCUT2D eigenvalue weighted by atomic mass is 79.9. The minimum absolute atomic E-state index is 0.0115. The summed E-state index contributed by atoms with van der Waals surface area (Å²) in [5.74, 6) is -1.83. The molecule has 2 aromatic carbocycles. The molecule has 0 bridgehead atoms. The minimum Gasteiger partial charge on any atom is -0.362 e. The van der Waals surface area contributed by atoms with Crippen molar-refractivity contribution in [2.75, 3.05) is 0 Å². The van der Waals surface area contributed by atoms with E-state index in [1.165, 1.54) is 12.1 Å². The topological polar surface area (TPSA) is 52.9 Å². The van der Waals surface area contributed by atoms with E-state index in [2.05, 4.69) is 21.0 Å². The average molecular weight is 431 g/mol. The van der Waals surface area contributed by atoms with E-state index >= 15 is 0 Å². The van der Waals surface area contributed by atoms with Crippen LogP contribution in [-0.4, -0.2) is 33.6 Å². The van der Waals surface area contributed by atoms with E-state index < -0.39 is 30.0 Å². The predicted molar refractivity (Wildman–Crippen MR) is 88.9 cm³/mol. The van der Waals surface area contributed by atoms with Crippen molar-refractivity contribution in [2.45, 2.75) is 18.3 Å². The quantitative estimate of drug-likeness (QED) is 0.729. The number of aliphatic hydroxyl groups is 1. The molecule has 26 heavy (non-hydrogen) atoms. The van der Waals surface area contributed by atoms with Crippen LogP contribution in [-0.2, 0) is 0 Å². The fourth-order valence-electron chi connectivity index (χ4n) is 2.50. The van der Waals surface area contributed by atoms with Crippen LogP contribution >= 0.6 is 15.9 Å². The molecular formula is C17H11BrF4N2O2. The van der Waals surface area contributed by atoms with Crippen molar-refractivity contribution in [2.24, 2.45) is 5.10 Å². The Bertz CT molecular complexity index is 866. The Kier molecular flexibility index (Phi) is 4.61. The minimum atomic E-state index is -5.14. The summed E-state index contributed by atoms with van der Waals surface area (Å²) in [6.07, 6.45) is -6.05. The molecular weight excluding hydrogens is 420 g/mol. The fraction of sp³-hybridized carbons (Fsp3) is 0.176. The monoisotopic (exact) mass is 430 g/mol. The number of benzene rings is 2. The Hall–Kier alpha value is -2.26. The second-order valence-electron chi connectivity index (χ2n) is 5.67. The van der Waals surface area contributed by atoms with Crippen molar-refractivity contribution >= 4 is 27.5 Å². The number of carbonyl (C=O) groups is 1. The normalized spacial score (nSPS) is 20.2. The van der Waals surface area contributed by atoms with Gasteiger partial charge in [0.05, 0.1) is 12.1 Å². The maximum atomic E-state index is 13.5. The second-order valence-corrected chi connectivity index (χ2v) is 6.58. The lowest BCUT2D eigenvalue weighted by Gasteiger charge is -2.32. The third-order valence-electron chi connectivity index (χ3n) is 3.90. The molecule has 0 radical (unpaired) electrons. The Balaban J connectivity index is 2.03. The first-order valence-electron chi connectivity index (χ1n) is 7.34. The summed E-state index contributed by atoms with van der Waals surface area (Å²) in [7, 11) is 0. The van der Waals surface area contributed by atoms with E-state index in [0.717, 1.165) is 24.3 Å². The van der Waals surface area contributed by atoms with Gasteiger partial charge in [-0.15, -0.1) is 0 Å². The van der Waals surface area contributed by atoms with Gasteiger partial charge in [0.2, 0.25) is 0 Å². The SMILES string of the molecule is O=C(c1ccc(F)cc1)N1N=C(c2ccc(Br)cc2)C[C@@]1(O)C(F)(F)F. The molecule has 0 saturated heterocycles. The van der Waals surface area contributed by atoms with Crippen LogP contribution in [0.25, 0.3) is 0 Å². The van der Waals surface area contributed by atoms with Gasteiger partial charge in [-0.2, -0.15) is 23.3 Å². The van der Waals surface area contributed by atoms with Crippen LogP contribution in [0.1, 0.15) is 22.3 Å². The van der Waals surface area contributed by atoms with Crippen molar-refractivity contribution in [3.8, 4) is 0 Å². The molecule has 1 aliphatic heterocycles. The van der Waals surface area contributed by atoms with Crippen molar-refractivity contribution in [3.63, 3.8) is 0 Å². The van der Waals surface area contributed by atoms with E-state index in [-0.39, 0.29) is 16.3 Å². The molecule has 4 nitrogen and oxygen atoms in total. The van der Waals surface area contributed by atoms with Crippen molar-refractivity contribution in [1.29, 1.82) is 0 Å². The zero-order chi connectivity index (χ0) is 19.1. The van der Waals surface area contributed by atoms with Gasteiger partial charge in [-0.3, -0.25) is 4.79 Å². The summed E-state index contributed by atoms with van der Waals surface area (Å²) >= 11 is 3.22. The summed E-state index contributed by atoms with van der Waals surface area (Å²) in [6.45, 7) is 0. The number of alkyl halides is 3. The number of hydrazone groups is 1. The molecule has 0 aromatic heterocycles. The number of halogens is 5. The lowest BCUT2D eigenvalue weighted by molar-refractivity contribution is -0.297. The van der Waals surface area contributed by atoms with Crippen LogP contribution in [0.5, 0.6) is 0 Å². The molecule has 0 saturated carbocycles. The maximum Gasteiger partial charge on any atom is 0.438 e. The number of carbonyl (C=O) groups excluding carboxylic acids is 1. The second kappa shape index (κ2) is 6.48. The van der Waals surface area contributed by atoms with Gasteiger partial charge in [-0.25, -0.2) is 4.39 Å². The van der Waals surface area contributed by atoms with Crippen LogP contribution in [0, 0.1) is 5.82 Å². The van der Waals surface area contributed by atoms with Gasteiger partial charge in [0.25, 0.3) is 11.6 Å². The largest absolute Gasteiger partial charge is 0.438 e. The Labute approximate surface area is 153 Å². The zero-order valence-electron chi connectivity index (χ0n) is 13.0. The summed E-state index contributed by atoms with van der Waals surface area (Å²) < 4.78 is 54.2. The molecule has 0 aliphatic carbocycles. The summed E-state index contributed by atoms with van der Waals surface area (Å²) in [5, 5.41) is 14.0. The molecule has 1 amide bonds. The number of rotatable bonds is 2. The summed E-state index contributed by atoms with van der Waals surface area (Å²) in [6, 6.07) is 10.2. The first kappa shape index (κ1) is 18.5. The van der Waals surface area contributed by atoms with Crippen molar-refractivity contribution in [1.82, 2.24) is 5.01 Å². The smallest absolute Gasteiger partial charge is 0.362 e. The van der Waals surface area contributed by atoms with E-state index in [1.807, 2.05) is 0 Å². The Morgan fingerprint density at radius 2 is 1.69 bits per heavy atom. The molecule has 1 heterocycles. The highest BCUT2D eigenvalue weighted by Gasteiger charge is 2.63. The van der Waals surface area contributed by atoms with E-state index in [0.29, 0.717) is 10.0 Å². The zero-order valence-corrected chi connectivity index (χ0v) is 14.6. The fourth-order valence-corrected chi connectivity index (χ4v) is 2.76. The molecule has 9 heteroatoms. The van der Waals surface area contributed by atoms with Crippen LogP contribution in [0.3, 0.4) is 0 Å². The van der Waals surface area contributed by atoms with Gasteiger partial charge in [0, 0.05) is 10.0 Å². The Morgan fingerprint density at radius 3 is 2.23 bits per heavy atom. The van der Waals surface area contributed by atoms with E-state index in [4.69, 9.17) is 0 Å². The molecule has 1 atom stereocenters. The Morgan fingerprint density at radius 1 is 1.12 bits per heavy atom. The van der Waals surface area contributed by atoms with Gasteiger partial charge in [0.1, 0.15) is 5.82 Å². The maximum absolute atomic E-state index is 13.5. The lowest BCUT2D eigenvalue weighted by atomic mass is 10.0. The third kappa shape index (κ3) is 3.24. The highest BCUT2D eigenvalue weighted by Crippen LogP contribution is 2.42. The molecule has 1 N–H and O–H groups in total. The molecule has 3 rings (SSSR count).